The zero-order valence-electron chi connectivity index (χ0n) is 14.9. The fraction of sp³-hybridized carbons (Fsp3) is 0.938. The number of rotatable bonds is 17. The third-order valence-corrected chi connectivity index (χ3v) is 2.70. The van der Waals surface area contributed by atoms with Gasteiger partial charge >= 0.3 is 0 Å². The molecule has 2 N–H and O–H groups in total. The van der Waals surface area contributed by atoms with Gasteiger partial charge in [-0.05, 0) is 6.42 Å². The molecule has 0 aromatic rings. The summed E-state index contributed by atoms with van der Waals surface area (Å²) in [6.07, 6.45) is 1.03. The third kappa shape index (κ3) is 19.2. The molecule has 0 saturated carbocycles. The highest BCUT2D eigenvalue weighted by molar-refractivity contribution is 5.77. The normalized spacial score (nSPS) is 11.1. The monoisotopic (exact) mass is 334 g/mol. The fourth-order valence-corrected chi connectivity index (χ4v) is 1.53. The van der Waals surface area contributed by atoms with Gasteiger partial charge in [-0.25, -0.2) is 0 Å². The van der Waals surface area contributed by atoms with E-state index in [1.54, 1.807) is 0 Å². The second kappa shape index (κ2) is 17.6. The molecule has 0 radical (unpaired) electrons. The summed E-state index contributed by atoms with van der Waals surface area (Å²) in [5, 5.41) is 5.83. The van der Waals surface area contributed by atoms with Gasteiger partial charge in [0.2, 0.25) is 5.91 Å². The van der Waals surface area contributed by atoms with E-state index in [2.05, 4.69) is 17.6 Å². The number of amides is 1. The Labute approximate surface area is 140 Å². The summed E-state index contributed by atoms with van der Waals surface area (Å²) in [6.45, 7) is 11.6. The van der Waals surface area contributed by atoms with E-state index in [4.69, 9.17) is 18.9 Å². The molecule has 0 saturated heterocycles. The molecule has 7 heteroatoms. The van der Waals surface area contributed by atoms with E-state index < -0.39 is 0 Å². The van der Waals surface area contributed by atoms with Gasteiger partial charge in [-0.1, -0.05) is 20.8 Å². The molecule has 0 fully saturated rings. The van der Waals surface area contributed by atoms with Crippen molar-refractivity contribution in [2.24, 2.45) is 0 Å². The molecule has 7 nitrogen and oxygen atoms in total. The van der Waals surface area contributed by atoms with Gasteiger partial charge in [0.1, 0.15) is 0 Å². The molecule has 0 aromatic carbocycles. The Morgan fingerprint density at radius 3 is 1.78 bits per heavy atom. The van der Waals surface area contributed by atoms with Gasteiger partial charge in [0.05, 0.1) is 52.8 Å². The maximum absolute atomic E-state index is 11.4. The highest BCUT2D eigenvalue weighted by Crippen LogP contribution is 1.84. The molecule has 0 aromatic heterocycles. The lowest BCUT2D eigenvalue weighted by Crippen LogP contribution is -2.38. The van der Waals surface area contributed by atoms with Crippen molar-refractivity contribution in [3.8, 4) is 0 Å². The molecule has 0 aliphatic carbocycles. The molecule has 23 heavy (non-hydrogen) atoms. The SMILES string of the molecule is CCCOCCOCCOCCOCCNC(=O)CNC(C)C. The minimum absolute atomic E-state index is 0.0152. The molecule has 0 unspecified atom stereocenters. The van der Waals surface area contributed by atoms with Crippen LogP contribution in [0, 0.1) is 0 Å². The molecule has 0 rings (SSSR count). The average Bonchev–Trinajstić information content (AvgIpc) is 2.53. The molecule has 0 aliphatic rings. The van der Waals surface area contributed by atoms with E-state index in [-0.39, 0.29) is 5.91 Å². The highest BCUT2D eigenvalue weighted by atomic mass is 16.6. The van der Waals surface area contributed by atoms with Crippen LogP contribution in [-0.4, -0.2) is 77.9 Å². The molecule has 0 aliphatic heterocycles. The number of nitrogens with one attached hydrogen (secondary N) is 2. The van der Waals surface area contributed by atoms with Crippen LogP contribution in [0.1, 0.15) is 27.2 Å². The van der Waals surface area contributed by atoms with E-state index in [1.165, 1.54) is 0 Å². The molecule has 0 spiro atoms. The quantitative estimate of drug-likeness (QED) is 0.379. The summed E-state index contributed by atoms with van der Waals surface area (Å²) in [5.41, 5.74) is 0. The van der Waals surface area contributed by atoms with E-state index >= 15 is 0 Å². The van der Waals surface area contributed by atoms with Gasteiger partial charge in [0.25, 0.3) is 0 Å². The molecule has 138 valence electrons. The lowest BCUT2D eigenvalue weighted by Gasteiger charge is -2.09. The lowest BCUT2D eigenvalue weighted by atomic mass is 10.4. The second-order valence-electron chi connectivity index (χ2n) is 5.34. The standard InChI is InChI=1S/C16H34N2O5/c1-4-6-20-8-10-22-12-13-23-11-9-21-7-5-17-16(19)14-18-15(2)3/h15,18H,4-14H2,1-3H3,(H,17,19). The van der Waals surface area contributed by atoms with Crippen LogP contribution in [0.5, 0.6) is 0 Å². The Morgan fingerprint density at radius 1 is 0.826 bits per heavy atom. The topological polar surface area (TPSA) is 78.1 Å². The zero-order valence-corrected chi connectivity index (χ0v) is 14.9. The average molecular weight is 334 g/mol. The summed E-state index contributed by atoms with van der Waals surface area (Å²) < 4.78 is 21.4. The van der Waals surface area contributed by atoms with Crippen LogP contribution in [0.3, 0.4) is 0 Å². The molecular weight excluding hydrogens is 300 g/mol. The first-order valence-electron chi connectivity index (χ1n) is 8.47. The van der Waals surface area contributed by atoms with Crippen molar-refractivity contribution < 1.29 is 23.7 Å². The summed E-state index contributed by atoms with van der Waals surface area (Å²) >= 11 is 0. The highest BCUT2D eigenvalue weighted by Gasteiger charge is 2.00. The summed E-state index contributed by atoms with van der Waals surface area (Å²) in [4.78, 5) is 11.4. The Kier molecular flexibility index (Phi) is 17.1. The van der Waals surface area contributed by atoms with Crippen LogP contribution in [0.4, 0.5) is 0 Å². The number of carbonyl (C=O) groups excluding carboxylic acids is 1. The van der Waals surface area contributed by atoms with Crippen LogP contribution < -0.4 is 10.6 Å². The first kappa shape index (κ1) is 22.3. The lowest BCUT2D eigenvalue weighted by molar-refractivity contribution is -0.120. The molecule has 1 amide bonds. The van der Waals surface area contributed by atoms with Gasteiger partial charge in [-0.15, -0.1) is 0 Å². The van der Waals surface area contributed by atoms with Crippen LogP contribution in [-0.2, 0) is 23.7 Å². The van der Waals surface area contributed by atoms with E-state index in [0.717, 1.165) is 13.0 Å². The van der Waals surface area contributed by atoms with Crippen molar-refractivity contribution in [2.45, 2.75) is 33.2 Å². The minimum Gasteiger partial charge on any atom is -0.379 e. The number of hydrogen-bond donors (Lipinski definition) is 2. The third-order valence-electron chi connectivity index (χ3n) is 2.70. The van der Waals surface area contributed by atoms with Crippen molar-refractivity contribution >= 4 is 5.91 Å². The summed E-state index contributed by atoms with van der Waals surface area (Å²) in [6, 6.07) is 0.307. The van der Waals surface area contributed by atoms with Gasteiger partial charge < -0.3 is 29.6 Å². The van der Waals surface area contributed by atoms with Gasteiger partial charge in [-0.3, -0.25) is 4.79 Å². The van der Waals surface area contributed by atoms with Crippen LogP contribution in [0.2, 0.25) is 0 Å². The Morgan fingerprint density at radius 2 is 1.30 bits per heavy atom. The predicted octanol–water partition coefficient (Wildman–Crippen LogP) is 0.577. The maximum atomic E-state index is 11.4. The van der Waals surface area contributed by atoms with Crippen molar-refractivity contribution in [2.75, 3.05) is 65.9 Å². The maximum Gasteiger partial charge on any atom is 0.234 e. The van der Waals surface area contributed by atoms with E-state index in [0.29, 0.717) is 65.4 Å². The van der Waals surface area contributed by atoms with E-state index in [9.17, 15) is 4.79 Å². The van der Waals surface area contributed by atoms with Crippen LogP contribution in [0.15, 0.2) is 0 Å². The first-order chi connectivity index (χ1) is 11.2. The molecular formula is C16H34N2O5. The minimum atomic E-state index is -0.0152. The summed E-state index contributed by atoms with van der Waals surface area (Å²) in [5.74, 6) is -0.0152. The van der Waals surface area contributed by atoms with Crippen molar-refractivity contribution in [1.29, 1.82) is 0 Å². The predicted molar refractivity (Wildman–Crippen MR) is 89.7 cm³/mol. The first-order valence-corrected chi connectivity index (χ1v) is 8.47. The zero-order chi connectivity index (χ0) is 17.2. The number of hydrogen-bond acceptors (Lipinski definition) is 6. The van der Waals surface area contributed by atoms with Gasteiger partial charge in [0.15, 0.2) is 0 Å². The number of ether oxygens (including phenoxy) is 4. The Hall–Kier alpha value is -0.730. The van der Waals surface area contributed by atoms with Crippen LogP contribution >= 0.6 is 0 Å². The van der Waals surface area contributed by atoms with Crippen LogP contribution in [0.25, 0.3) is 0 Å². The van der Waals surface area contributed by atoms with Gasteiger partial charge in [-0.2, -0.15) is 0 Å². The smallest absolute Gasteiger partial charge is 0.234 e. The number of carbonyl (C=O) groups is 1. The Balaban J connectivity index is 3.09. The molecule has 0 atom stereocenters. The van der Waals surface area contributed by atoms with Crippen molar-refractivity contribution in [3.05, 3.63) is 0 Å². The molecule has 0 heterocycles. The van der Waals surface area contributed by atoms with Crippen molar-refractivity contribution in [3.63, 3.8) is 0 Å². The largest absolute Gasteiger partial charge is 0.379 e. The molecule has 0 bridgehead atoms. The van der Waals surface area contributed by atoms with E-state index in [1.807, 2.05) is 13.8 Å². The fourth-order valence-electron chi connectivity index (χ4n) is 1.53. The van der Waals surface area contributed by atoms with Crippen molar-refractivity contribution in [1.82, 2.24) is 10.6 Å². The van der Waals surface area contributed by atoms with Gasteiger partial charge in [0, 0.05) is 19.2 Å². The second-order valence-corrected chi connectivity index (χ2v) is 5.34. The Bertz CT molecular complexity index is 265. The summed E-state index contributed by atoms with van der Waals surface area (Å²) in [7, 11) is 0.